The zero-order chi connectivity index (χ0) is 15.6. The van der Waals surface area contributed by atoms with Gasteiger partial charge in [0.2, 0.25) is 11.8 Å². The molecule has 0 spiro atoms. The van der Waals surface area contributed by atoms with Crippen molar-refractivity contribution >= 4 is 11.8 Å². The van der Waals surface area contributed by atoms with Crippen LogP contribution in [-0.2, 0) is 9.59 Å². The molecule has 2 aliphatic rings. The maximum atomic E-state index is 12.6. The molecule has 1 N–H and O–H groups in total. The van der Waals surface area contributed by atoms with E-state index in [1.165, 1.54) is 12.8 Å². The zero-order valence-electron chi connectivity index (χ0n) is 13.5. The summed E-state index contributed by atoms with van der Waals surface area (Å²) >= 11 is 0. The molecule has 2 amide bonds. The fraction of sp³-hybridized carbons (Fsp3) is 0.875. The molecule has 0 aromatic rings. The fourth-order valence-electron chi connectivity index (χ4n) is 3.54. The first-order chi connectivity index (χ1) is 9.81. The van der Waals surface area contributed by atoms with Gasteiger partial charge in [-0.25, -0.2) is 0 Å². The molecular weight excluding hydrogens is 268 g/mol. The molecule has 0 radical (unpaired) electrons. The van der Waals surface area contributed by atoms with Crippen LogP contribution in [0, 0.1) is 5.92 Å². The minimum Gasteiger partial charge on any atom is -0.389 e. The molecule has 0 aromatic carbocycles. The number of likely N-dealkylation sites (tertiary alicyclic amines) is 1. The second-order valence-electron chi connectivity index (χ2n) is 7.05. The van der Waals surface area contributed by atoms with Crippen LogP contribution in [0.25, 0.3) is 0 Å². The van der Waals surface area contributed by atoms with E-state index in [2.05, 4.69) is 0 Å². The smallest absolute Gasteiger partial charge is 0.228 e. The average Bonchev–Trinajstić information content (AvgIpc) is 3.02. The SMILES string of the molecule is CCN(CC(C)(C)O)C(=O)C1CC(=O)N(C2CCCC2)C1. The Kier molecular flexibility index (Phi) is 4.91. The van der Waals surface area contributed by atoms with Crippen LogP contribution in [0.2, 0.25) is 0 Å². The molecule has 21 heavy (non-hydrogen) atoms. The molecule has 1 aliphatic carbocycles. The predicted molar refractivity (Wildman–Crippen MR) is 80.6 cm³/mol. The molecule has 1 saturated heterocycles. The second kappa shape index (κ2) is 6.34. The van der Waals surface area contributed by atoms with Gasteiger partial charge in [0.25, 0.3) is 0 Å². The summed E-state index contributed by atoms with van der Waals surface area (Å²) < 4.78 is 0. The molecule has 1 atom stereocenters. The number of carbonyl (C=O) groups is 2. The lowest BCUT2D eigenvalue weighted by Gasteiger charge is -2.30. The topological polar surface area (TPSA) is 60.9 Å². The van der Waals surface area contributed by atoms with Crippen LogP contribution < -0.4 is 0 Å². The normalized spacial score (nSPS) is 23.9. The quantitative estimate of drug-likeness (QED) is 0.834. The van der Waals surface area contributed by atoms with Crippen molar-refractivity contribution in [1.29, 1.82) is 0 Å². The lowest BCUT2D eigenvalue weighted by Crippen LogP contribution is -2.45. The van der Waals surface area contributed by atoms with E-state index in [-0.39, 0.29) is 17.7 Å². The molecule has 0 aromatic heterocycles. The monoisotopic (exact) mass is 296 g/mol. The molecule has 1 unspecified atom stereocenters. The van der Waals surface area contributed by atoms with Crippen molar-refractivity contribution in [2.75, 3.05) is 19.6 Å². The standard InChI is InChI=1S/C16H28N2O3/c1-4-17(11-16(2,3)21)15(20)12-9-14(19)18(10-12)13-7-5-6-8-13/h12-13,21H,4-11H2,1-3H3. The molecule has 5 nitrogen and oxygen atoms in total. The number of rotatable bonds is 5. The molecule has 5 heteroatoms. The third kappa shape index (κ3) is 3.96. The van der Waals surface area contributed by atoms with Crippen molar-refractivity contribution < 1.29 is 14.7 Å². The Labute approximate surface area is 127 Å². The Bertz CT molecular complexity index is 397. The Hall–Kier alpha value is -1.10. The summed E-state index contributed by atoms with van der Waals surface area (Å²) in [4.78, 5) is 28.4. The predicted octanol–water partition coefficient (Wildman–Crippen LogP) is 1.40. The first kappa shape index (κ1) is 16.3. The minimum absolute atomic E-state index is 0.00784. The summed E-state index contributed by atoms with van der Waals surface area (Å²) in [6, 6.07) is 0.347. The van der Waals surface area contributed by atoms with Gasteiger partial charge in [0.05, 0.1) is 11.5 Å². The Morgan fingerprint density at radius 1 is 1.38 bits per heavy atom. The van der Waals surface area contributed by atoms with Crippen LogP contribution in [0.15, 0.2) is 0 Å². The summed E-state index contributed by atoms with van der Waals surface area (Å²) in [5.41, 5.74) is -0.903. The number of hydrogen-bond acceptors (Lipinski definition) is 3. The van der Waals surface area contributed by atoms with Gasteiger partial charge in [-0.1, -0.05) is 12.8 Å². The molecule has 2 rings (SSSR count). The van der Waals surface area contributed by atoms with Gasteiger partial charge in [-0.2, -0.15) is 0 Å². The van der Waals surface area contributed by atoms with Crippen molar-refractivity contribution in [1.82, 2.24) is 9.80 Å². The molecule has 1 heterocycles. The molecule has 120 valence electrons. The van der Waals surface area contributed by atoms with Gasteiger partial charge in [0, 0.05) is 32.1 Å². The lowest BCUT2D eigenvalue weighted by molar-refractivity contribution is -0.138. The van der Waals surface area contributed by atoms with Gasteiger partial charge in [-0.15, -0.1) is 0 Å². The number of hydrogen-bond donors (Lipinski definition) is 1. The summed E-state index contributed by atoms with van der Waals surface area (Å²) in [6.45, 7) is 6.76. The fourth-order valence-corrected chi connectivity index (χ4v) is 3.54. The van der Waals surface area contributed by atoms with Crippen LogP contribution in [0.3, 0.4) is 0 Å². The number of amides is 2. The molecule has 0 bridgehead atoms. The molecule has 1 saturated carbocycles. The minimum atomic E-state index is -0.903. The van der Waals surface area contributed by atoms with E-state index in [0.717, 1.165) is 12.8 Å². The maximum Gasteiger partial charge on any atom is 0.228 e. The van der Waals surface area contributed by atoms with Crippen LogP contribution in [0.4, 0.5) is 0 Å². The van der Waals surface area contributed by atoms with Gasteiger partial charge in [0.15, 0.2) is 0 Å². The number of nitrogens with zero attached hydrogens (tertiary/aromatic N) is 2. The van der Waals surface area contributed by atoms with Crippen molar-refractivity contribution in [3.63, 3.8) is 0 Å². The van der Waals surface area contributed by atoms with Crippen LogP contribution in [0.5, 0.6) is 0 Å². The van der Waals surface area contributed by atoms with Gasteiger partial charge >= 0.3 is 0 Å². The highest BCUT2D eigenvalue weighted by Gasteiger charge is 2.40. The van der Waals surface area contributed by atoms with Gasteiger partial charge < -0.3 is 14.9 Å². The van der Waals surface area contributed by atoms with Crippen molar-refractivity contribution in [2.45, 2.75) is 64.5 Å². The van der Waals surface area contributed by atoms with Crippen LogP contribution in [0.1, 0.15) is 52.9 Å². The van der Waals surface area contributed by atoms with E-state index in [1.54, 1.807) is 18.7 Å². The van der Waals surface area contributed by atoms with Crippen molar-refractivity contribution in [3.8, 4) is 0 Å². The van der Waals surface area contributed by atoms with Crippen molar-refractivity contribution in [3.05, 3.63) is 0 Å². The summed E-state index contributed by atoms with van der Waals surface area (Å²) in [7, 11) is 0. The zero-order valence-corrected chi connectivity index (χ0v) is 13.5. The first-order valence-electron chi connectivity index (χ1n) is 8.12. The Balaban J connectivity index is 1.98. The highest BCUT2D eigenvalue weighted by Crippen LogP contribution is 2.30. The number of carbonyl (C=O) groups excluding carboxylic acids is 2. The third-order valence-electron chi connectivity index (χ3n) is 4.54. The van der Waals surface area contributed by atoms with E-state index in [9.17, 15) is 14.7 Å². The highest BCUT2D eigenvalue weighted by molar-refractivity contribution is 5.89. The third-order valence-corrected chi connectivity index (χ3v) is 4.54. The number of aliphatic hydroxyl groups is 1. The second-order valence-corrected chi connectivity index (χ2v) is 7.05. The molecule has 1 aliphatic heterocycles. The summed E-state index contributed by atoms with van der Waals surface area (Å²) in [5, 5.41) is 9.92. The van der Waals surface area contributed by atoms with Gasteiger partial charge in [-0.05, 0) is 33.6 Å². The highest BCUT2D eigenvalue weighted by atomic mass is 16.3. The van der Waals surface area contributed by atoms with E-state index in [0.29, 0.717) is 32.1 Å². The summed E-state index contributed by atoms with van der Waals surface area (Å²) in [5.74, 6) is -0.103. The lowest BCUT2D eigenvalue weighted by atomic mass is 10.0. The van der Waals surface area contributed by atoms with E-state index in [4.69, 9.17) is 0 Å². The Morgan fingerprint density at radius 2 is 2.00 bits per heavy atom. The average molecular weight is 296 g/mol. The molecular formula is C16H28N2O3. The van der Waals surface area contributed by atoms with Crippen LogP contribution >= 0.6 is 0 Å². The Morgan fingerprint density at radius 3 is 2.52 bits per heavy atom. The first-order valence-corrected chi connectivity index (χ1v) is 8.12. The van der Waals surface area contributed by atoms with Crippen LogP contribution in [-0.4, -0.2) is 58.0 Å². The largest absolute Gasteiger partial charge is 0.389 e. The summed E-state index contributed by atoms with van der Waals surface area (Å²) in [6.07, 6.45) is 4.86. The number of likely N-dealkylation sites (N-methyl/N-ethyl adjacent to an activating group) is 1. The van der Waals surface area contributed by atoms with Gasteiger partial charge in [0.1, 0.15) is 0 Å². The maximum absolute atomic E-state index is 12.6. The van der Waals surface area contributed by atoms with E-state index in [1.807, 2.05) is 11.8 Å². The molecule has 2 fully saturated rings. The van der Waals surface area contributed by atoms with Gasteiger partial charge in [-0.3, -0.25) is 9.59 Å². The van der Waals surface area contributed by atoms with Crippen molar-refractivity contribution in [2.24, 2.45) is 5.92 Å². The van der Waals surface area contributed by atoms with E-state index < -0.39 is 5.60 Å². The van der Waals surface area contributed by atoms with E-state index >= 15 is 0 Å².